The average Bonchev–Trinajstić information content (AvgIpc) is 2.40. The second kappa shape index (κ2) is 5.73. The molecule has 0 spiro atoms. The van der Waals surface area contributed by atoms with Crippen LogP contribution in [0.4, 0.5) is 5.69 Å². The molecule has 5 N–H and O–H groups in total. The summed E-state index contributed by atoms with van der Waals surface area (Å²) in [7, 11) is 0. The first-order chi connectivity index (χ1) is 9.06. The Morgan fingerprint density at radius 1 is 1.05 bits per heavy atom. The third kappa shape index (κ3) is 3.47. The van der Waals surface area contributed by atoms with Gasteiger partial charge in [0.15, 0.2) is 0 Å². The quantitative estimate of drug-likeness (QED) is 0.594. The molecule has 2 aromatic rings. The fraction of sp³-hybridized carbons (Fsp3) is 0.0714. The summed E-state index contributed by atoms with van der Waals surface area (Å²) < 4.78 is 0. The van der Waals surface area contributed by atoms with Gasteiger partial charge in [-0.05, 0) is 42.0 Å². The maximum atomic E-state index is 11.9. The maximum absolute atomic E-state index is 11.9. The highest BCUT2D eigenvalue weighted by Crippen LogP contribution is 2.14. The van der Waals surface area contributed by atoms with E-state index in [1.165, 1.54) is 0 Å². The molecular weight excluding hydrogens is 262 g/mol. The summed E-state index contributed by atoms with van der Waals surface area (Å²) in [5.74, 6) is -0.248. The Morgan fingerprint density at radius 2 is 1.63 bits per heavy atom. The molecule has 0 bridgehead atoms. The first-order valence-corrected chi connectivity index (χ1v) is 6.11. The molecular formula is C14H14ClN3O. The molecule has 1 amide bonds. The summed E-state index contributed by atoms with van der Waals surface area (Å²) in [5.41, 5.74) is 13.4. The van der Waals surface area contributed by atoms with Gasteiger partial charge < -0.3 is 16.8 Å². The topological polar surface area (TPSA) is 81.1 Å². The first-order valence-electron chi connectivity index (χ1n) is 5.74. The summed E-state index contributed by atoms with van der Waals surface area (Å²) in [6.07, 6.45) is -0.581. The Labute approximate surface area is 116 Å². The van der Waals surface area contributed by atoms with Gasteiger partial charge in [0.1, 0.15) is 6.17 Å². The minimum atomic E-state index is -0.581. The Hall–Kier alpha value is -2.04. The number of hydrogen-bond donors (Lipinski definition) is 3. The van der Waals surface area contributed by atoms with Crippen molar-refractivity contribution in [3.63, 3.8) is 0 Å². The van der Waals surface area contributed by atoms with Crippen LogP contribution in [0, 0.1) is 0 Å². The van der Waals surface area contributed by atoms with Crippen molar-refractivity contribution in [2.24, 2.45) is 5.73 Å². The molecule has 0 aliphatic carbocycles. The van der Waals surface area contributed by atoms with E-state index in [2.05, 4.69) is 5.32 Å². The van der Waals surface area contributed by atoms with Crippen LogP contribution in [0.15, 0.2) is 48.5 Å². The predicted molar refractivity (Wildman–Crippen MR) is 76.7 cm³/mol. The molecule has 0 aromatic heterocycles. The van der Waals surface area contributed by atoms with Gasteiger partial charge in [-0.3, -0.25) is 4.79 Å². The molecule has 2 aromatic carbocycles. The predicted octanol–water partition coefficient (Wildman–Crippen LogP) is 2.31. The van der Waals surface area contributed by atoms with Crippen LogP contribution in [0.2, 0.25) is 5.02 Å². The van der Waals surface area contributed by atoms with E-state index in [1.807, 2.05) is 0 Å². The molecule has 98 valence electrons. The molecule has 5 heteroatoms. The van der Waals surface area contributed by atoms with Crippen LogP contribution in [0.3, 0.4) is 0 Å². The Kier molecular flexibility index (Phi) is 4.04. The van der Waals surface area contributed by atoms with Crippen molar-refractivity contribution in [1.82, 2.24) is 5.32 Å². The van der Waals surface area contributed by atoms with E-state index in [0.717, 1.165) is 5.56 Å². The lowest BCUT2D eigenvalue weighted by molar-refractivity contribution is 0.0938. The Morgan fingerprint density at radius 3 is 2.21 bits per heavy atom. The minimum absolute atomic E-state index is 0.248. The number of amides is 1. The van der Waals surface area contributed by atoms with Crippen molar-refractivity contribution in [2.45, 2.75) is 6.17 Å². The van der Waals surface area contributed by atoms with Crippen LogP contribution < -0.4 is 16.8 Å². The fourth-order valence-corrected chi connectivity index (χ4v) is 1.74. The molecule has 0 aliphatic heterocycles. The Balaban J connectivity index is 2.06. The largest absolute Gasteiger partial charge is 0.399 e. The number of carbonyl (C=O) groups is 1. The number of anilines is 1. The van der Waals surface area contributed by atoms with Crippen molar-refractivity contribution in [1.29, 1.82) is 0 Å². The van der Waals surface area contributed by atoms with Gasteiger partial charge in [-0.25, -0.2) is 0 Å². The van der Waals surface area contributed by atoms with Crippen LogP contribution in [0.5, 0.6) is 0 Å². The summed E-state index contributed by atoms with van der Waals surface area (Å²) in [4.78, 5) is 11.9. The summed E-state index contributed by atoms with van der Waals surface area (Å²) in [6.45, 7) is 0. The highest BCUT2D eigenvalue weighted by Gasteiger charge is 2.11. The lowest BCUT2D eigenvalue weighted by atomic mass is 10.1. The molecule has 1 unspecified atom stereocenters. The maximum Gasteiger partial charge on any atom is 0.252 e. The minimum Gasteiger partial charge on any atom is -0.399 e. The van der Waals surface area contributed by atoms with Crippen LogP contribution in [0.1, 0.15) is 22.1 Å². The van der Waals surface area contributed by atoms with Crippen LogP contribution in [-0.2, 0) is 0 Å². The molecule has 0 saturated heterocycles. The number of nitrogens with one attached hydrogen (secondary N) is 1. The van der Waals surface area contributed by atoms with Crippen LogP contribution in [0.25, 0.3) is 0 Å². The fourth-order valence-electron chi connectivity index (χ4n) is 1.61. The Bertz CT molecular complexity index is 566. The van der Waals surface area contributed by atoms with E-state index in [0.29, 0.717) is 16.3 Å². The zero-order valence-electron chi connectivity index (χ0n) is 10.1. The van der Waals surface area contributed by atoms with E-state index in [-0.39, 0.29) is 5.91 Å². The van der Waals surface area contributed by atoms with Gasteiger partial charge in [0.2, 0.25) is 0 Å². The van der Waals surface area contributed by atoms with Crippen LogP contribution in [-0.4, -0.2) is 5.91 Å². The van der Waals surface area contributed by atoms with Crippen molar-refractivity contribution in [3.8, 4) is 0 Å². The monoisotopic (exact) mass is 275 g/mol. The molecule has 0 saturated carbocycles. The summed E-state index contributed by atoms with van der Waals surface area (Å²) >= 11 is 5.79. The highest BCUT2D eigenvalue weighted by molar-refractivity contribution is 6.30. The highest BCUT2D eigenvalue weighted by atomic mass is 35.5. The number of nitrogens with two attached hydrogens (primary N) is 2. The zero-order chi connectivity index (χ0) is 13.8. The van der Waals surface area contributed by atoms with Crippen molar-refractivity contribution in [2.75, 3.05) is 5.73 Å². The molecule has 2 rings (SSSR count). The van der Waals surface area contributed by atoms with Gasteiger partial charge in [0.25, 0.3) is 5.91 Å². The van der Waals surface area contributed by atoms with E-state index >= 15 is 0 Å². The number of benzene rings is 2. The zero-order valence-corrected chi connectivity index (χ0v) is 10.9. The smallest absolute Gasteiger partial charge is 0.252 e. The number of nitrogen functional groups attached to an aromatic ring is 1. The summed E-state index contributed by atoms with van der Waals surface area (Å²) in [6, 6.07) is 13.6. The van der Waals surface area contributed by atoms with E-state index < -0.39 is 6.17 Å². The van der Waals surface area contributed by atoms with E-state index in [1.54, 1.807) is 48.5 Å². The molecule has 0 radical (unpaired) electrons. The normalized spacial score (nSPS) is 11.9. The summed E-state index contributed by atoms with van der Waals surface area (Å²) in [5, 5.41) is 3.33. The number of halogens is 1. The third-order valence-electron chi connectivity index (χ3n) is 2.69. The molecule has 1 atom stereocenters. The molecule has 4 nitrogen and oxygen atoms in total. The SMILES string of the molecule is Nc1ccc(C(=O)NC(N)c2ccc(Cl)cc2)cc1. The second-order valence-electron chi connectivity index (χ2n) is 4.12. The van der Waals surface area contributed by atoms with Gasteiger partial charge >= 0.3 is 0 Å². The first kappa shape index (κ1) is 13.4. The van der Waals surface area contributed by atoms with Gasteiger partial charge in [-0.2, -0.15) is 0 Å². The molecule has 0 fully saturated rings. The third-order valence-corrected chi connectivity index (χ3v) is 2.94. The van der Waals surface area contributed by atoms with Crippen molar-refractivity contribution in [3.05, 3.63) is 64.7 Å². The van der Waals surface area contributed by atoms with E-state index in [4.69, 9.17) is 23.1 Å². The number of carbonyl (C=O) groups excluding carboxylic acids is 1. The lowest BCUT2D eigenvalue weighted by Gasteiger charge is -2.14. The van der Waals surface area contributed by atoms with E-state index in [9.17, 15) is 4.79 Å². The van der Waals surface area contributed by atoms with Crippen molar-refractivity contribution < 1.29 is 4.79 Å². The van der Waals surface area contributed by atoms with Gasteiger partial charge in [-0.1, -0.05) is 23.7 Å². The average molecular weight is 276 g/mol. The molecule has 19 heavy (non-hydrogen) atoms. The van der Waals surface area contributed by atoms with Gasteiger partial charge in [-0.15, -0.1) is 0 Å². The second-order valence-corrected chi connectivity index (χ2v) is 4.56. The molecule has 0 aliphatic rings. The standard InChI is InChI=1S/C14H14ClN3O/c15-11-5-1-9(2-6-11)13(17)18-14(19)10-3-7-12(16)8-4-10/h1-8,13H,16-17H2,(H,18,19). The number of rotatable bonds is 3. The van der Waals surface area contributed by atoms with Gasteiger partial charge in [0.05, 0.1) is 0 Å². The van der Waals surface area contributed by atoms with Crippen LogP contribution >= 0.6 is 11.6 Å². The van der Waals surface area contributed by atoms with Gasteiger partial charge in [0, 0.05) is 16.3 Å². The number of hydrogen-bond acceptors (Lipinski definition) is 3. The van der Waals surface area contributed by atoms with Crippen molar-refractivity contribution >= 4 is 23.2 Å². The molecule has 0 heterocycles. The lowest BCUT2D eigenvalue weighted by Crippen LogP contribution is -2.34.